The second-order valence-corrected chi connectivity index (χ2v) is 7.16. The van der Waals surface area contributed by atoms with Crippen LogP contribution < -0.4 is 5.32 Å². The summed E-state index contributed by atoms with van der Waals surface area (Å²) in [6, 6.07) is 9.48. The van der Waals surface area contributed by atoms with E-state index in [1.54, 1.807) is 0 Å². The summed E-state index contributed by atoms with van der Waals surface area (Å²) in [7, 11) is 0. The Kier molecular flexibility index (Phi) is 4.85. The van der Waals surface area contributed by atoms with Crippen molar-refractivity contribution >= 4 is 5.91 Å². The van der Waals surface area contributed by atoms with Gasteiger partial charge in [0.15, 0.2) is 0 Å². The highest BCUT2D eigenvalue weighted by Crippen LogP contribution is 2.39. The number of hydrogen-bond donors (Lipinski definition) is 1. The molecular formula is C18H27NO. The molecule has 0 heterocycles. The Bertz CT molecular complexity index is 424. The molecule has 2 heteroatoms. The summed E-state index contributed by atoms with van der Waals surface area (Å²) in [5.74, 6) is 1.55. The first-order valence-corrected chi connectivity index (χ1v) is 7.80. The predicted molar refractivity (Wildman–Crippen MR) is 83.7 cm³/mol. The van der Waals surface area contributed by atoms with E-state index >= 15 is 0 Å². The van der Waals surface area contributed by atoms with Crippen LogP contribution in [0, 0.1) is 17.3 Å². The zero-order valence-electron chi connectivity index (χ0n) is 13.0. The van der Waals surface area contributed by atoms with Crippen LogP contribution in [-0.2, 0) is 0 Å². The lowest BCUT2D eigenvalue weighted by atomic mass is 9.70. The summed E-state index contributed by atoms with van der Waals surface area (Å²) < 4.78 is 0. The van der Waals surface area contributed by atoms with Gasteiger partial charge in [-0.15, -0.1) is 0 Å². The molecule has 0 aliphatic heterocycles. The SMILES string of the molecule is CC(C)(C)C1CCC(CNC(=O)c2ccccc2)CC1. The minimum atomic E-state index is 0.0588. The standard InChI is InChI=1S/C18H27NO/c1-18(2,3)16-11-9-14(10-12-16)13-19-17(20)15-7-5-4-6-8-15/h4-8,14,16H,9-13H2,1-3H3,(H,19,20). The van der Waals surface area contributed by atoms with Gasteiger partial charge in [0, 0.05) is 12.1 Å². The maximum absolute atomic E-state index is 12.0. The van der Waals surface area contributed by atoms with Gasteiger partial charge >= 0.3 is 0 Å². The molecule has 0 radical (unpaired) electrons. The molecule has 1 N–H and O–H groups in total. The molecule has 0 unspecified atom stereocenters. The number of carbonyl (C=O) groups excluding carboxylic acids is 1. The number of carbonyl (C=O) groups is 1. The Morgan fingerprint density at radius 1 is 1.10 bits per heavy atom. The third kappa shape index (κ3) is 4.09. The summed E-state index contributed by atoms with van der Waals surface area (Å²) >= 11 is 0. The minimum Gasteiger partial charge on any atom is -0.352 e. The highest BCUT2D eigenvalue weighted by Gasteiger charge is 2.29. The van der Waals surface area contributed by atoms with E-state index in [0.717, 1.165) is 18.0 Å². The zero-order chi connectivity index (χ0) is 14.6. The first-order valence-electron chi connectivity index (χ1n) is 7.80. The van der Waals surface area contributed by atoms with Crippen LogP contribution in [0.25, 0.3) is 0 Å². The van der Waals surface area contributed by atoms with Gasteiger partial charge in [0.05, 0.1) is 0 Å². The number of benzene rings is 1. The average Bonchev–Trinajstić information content (AvgIpc) is 2.45. The molecule has 1 aromatic carbocycles. The van der Waals surface area contributed by atoms with Gasteiger partial charge in [0.2, 0.25) is 0 Å². The molecule has 0 saturated heterocycles. The van der Waals surface area contributed by atoms with Gasteiger partial charge in [0.1, 0.15) is 0 Å². The predicted octanol–water partition coefficient (Wildman–Crippen LogP) is 4.27. The van der Waals surface area contributed by atoms with E-state index in [1.165, 1.54) is 25.7 Å². The summed E-state index contributed by atoms with van der Waals surface area (Å²) in [6.07, 6.45) is 5.10. The lowest BCUT2D eigenvalue weighted by Crippen LogP contribution is -2.33. The van der Waals surface area contributed by atoms with E-state index in [-0.39, 0.29) is 5.91 Å². The van der Waals surface area contributed by atoms with Gasteiger partial charge in [-0.05, 0) is 55.1 Å². The Morgan fingerprint density at radius 3 is 2.25 bits per heavy atom. The molecule has 110 valence electrons. The van der Waals surface area contributed by atoms with Crippen LogP contribution in [0.2, 0.25) is 0 Å². The van der Waals surface area contributed by atoms with Crippen LogP contribution in [0.1, 0.15) is 56.8 Å². The Hall–Kier alpha value is -1.31. The zero-order valence-corrected chi connectivity index (χ0v) is 13.0. The summed E-state index contributed by atoms with van der Waals surface area (Å²) in [6.45, 7) is 7.85. The van der Waals surface area contributed by atoms with Crippen molar-refractivity contribution in [2.75, 3.05) is 6.54 Å². The van der Waals surface area contributed by atoms with Crippen LogP contribution in [0.15, 0.2) is 30.3 Å². The molecule has 1 fully saturated rings. The first kappa shape index (κ1) is 15.1. The average molecular weight is 273 g/mol. The van der Waals surface area contributed by atoms with Crippen LogP contribution in [0.4, 0.5) is 0 Å². The highest BCUT2D eigenvalue weighted by molar-refractivity contribution is 5.94. The third-order valence-corrected chi connectivity index (χ3v) is 4.66. The quantitative estimate of drug-likeness (QED) is 0.875. The molecular weight excluding hydrogens is 246 g/mol. The van der Waals surface area contributed by atoms with Gasteiger partial charge < -0.3 is 5.32 Å². The lowest BCUT2D eigenvalue weighted by molar-refractivity contribution is 0.0931. The fourth-order valence-electron chi connectivity index (χ4n) is 3.16. The van der Waals surface area contributed by atoms with Crippen LogP contribution >= 0.6 is 0 Å². The van der Waals surface area contributed by atoms with Crippen LogP contribution in [0.5, 0.6) is 0 Å². The van der Waals surface area contributed by atoms with Crippen molar-refractivity contribution in [3.63, 3.8) is 0 Å². The maximum Gasteiger partial charge on any atom is 0.251 e. The number of rotatable bonds is 3. The molecule has 0 bridgehead atoms. The molecule has 1 amide bonds. The molecule has 1 saturated carbocycles. The second-order valence-electron chi connectivity index (χ2n) is 7.16. The number of nitrogens with one attached hydrogen (secondary N) is 1. The molecule has 1 aliphatic rings. The number of amides is 1. The topological polar surface area (TPSA) is 29.1 Å². The van der Waals surface area contributed by atoms with E-state index in [9.17, 15) is 4.79 Å². The Balaban J connectivity index is 1.75. The van der Waals surface area contributed by atoms with Crippen molar-refractivity contribution in [3.05, 3.63) is 35.9 Å². The maximum atomic E-state index is 12.0. The Morgan fingerprint density at radius 2 is 1.70 bits per heavy atom. The van der Waals surface area contributed by atoms with Crippen molar-refractivity contribution in [1.82, 2.24) is 5.32 Å². The monoisotopic (exact) mass is 273 g/mol. The summed E-state index contributed by atoms with van der Waals surface area (Å²) in [5, 5.41) is 3.08. The largest absolute Gasteiger partial charge is 0.352 e. The Labute approximate surface area is 123 Å². The molecule has 2 nitrogen and oxygen atoms in total. The molecule has 0 aromatic heterocycles. The van der Waals surface area contributed by atoms with Crippen LogP contribution in [-0.4, -0.2) is 12.5 Å². The van der Waals surface area contributed by atoms with Crippen molar-refractivity contribution in [1.29, 1.82) is 0 Å². The highest BCUT2D eigenvalue weighted by atomic mass is 16.1. The molecule has 1 aromatic rings. The van der Waals surface area contributed by atoms with Gasteiger partial charge in [-0.2, -0.15) is 0 Å². The van der Waals surface area contributed by atoms with E-state index in [4.69, 9.17) is 0 Å². The van der Waals surface area contributed by atoms with E-state index in [0.29, 0.717) is 11.3 Å². The molecule has 1 aliphatic carbocycles. The number of hydrogen-bond acceptors (Lipinski definition) is 1. The van der Waals surface area contributed by atoms with Gasteiger partial charge in [-0.1, -0.05) is 39.0 Å². The van der Waals surface area contributed by atoms with Crippen LogP contribution in [0.3, 0.4) is 0 Å². The van der Waals surface area contributed by atoms with Crippen molar-refractivity contribution in [2.24, 2.45) is 17.3 Å². The fraction of sp³-hybridized carbons (Fsp3) is 0.611. The van der Waals surface area contributed by atoms with Gasteiger partial charge in [0.25, 0.3) is 5.91 Å². The summed E-state index contributed by atoms with van der Waals surface area (Å²) in [5.41, 5.74) is 1.19. The minimum absolute atomic E-state index is 0.0588. The molecule has 2 rings (SSSR count). The van der Waals surface area contributed by atoms with E-state index < -0.39 is 0 Å². The van der Waals surface area contributed by atoms with Gasteiger partial charge in [-0.25, -0.2) is 0 Å². The van der Waals surface area contributed by atoms with E-state index in [2.05, 4.69) is 26.1 Å². The second kappa shape index (κ2) is 6.43. The van der Waals surface area contributed by atoms with Crippen molar-refractivity contribution in [3.8, 4) is 0 Å². The molecule has 0 spiro atoms. The third-order valence-electron chi connectivity index (χ3n) is 4.66. The van der Waals surface area contributed by atoms with Crippen molar-refractivity contribution in [2.45, 2.75) is 46.5 Å². The van der Waals surface area contributed by atoms with Crippen molar-refractivity contribution < 1.29 is 4.79 Å². The molecule has 0 atom stereocenters. The smallest absolute Gasteiger partial charge is 0.251 e. The van der Waals surface area contributed by atoms with E-state index in [1.807, 2.05) is 30.3 Å². The fourth-order valence-corrected chi connectivity index (χ4v) is 3.16. The summed E-state index contributed by atoms with van der Waals surface area (Å²) in [4.78, 5) is 12.0. The first-order chi connectivity index (χ1) is 9.47. The molecule has 20 heavy (non-hydrogen) atoms. The normalized spacial score (nSPS) is 23.4. The van der Waals surface area contributed by atoms with Gasteiger partial charge in [-0.3, -0.25) is 4.79 Å². The lowest BCUT2D eigenvalue weighted by Gasteiger charge is -2.37.